The molecule has 0 saturated heterocycles. The molecule has 1 aromatic carbocycles. The molecule has 4 nitrogen and oxygen atoms in total. The third-order valence-corrected chi connectivity index (χ3v) is 6.13. The molecular weight excluding hydrogens is 463 g/mol. The molecule has 7 heteroatoms. The van der Waals surface area contributed by atoms with Crippen LogP contribution in [0.4, 0.5) is 0 Å². The van der Waals surface area contributed by atoms with E-state index in [0.29, 0.717) is 21.3 Å². The molecule has 28 heavy (non-hydrogen) atoms. The van der Waals surface area contributed by atoms with Gasteiger partial charge >= 0.3 is 0 Å². The summed E-state index contributed by atoms with van der Waals surface area (Å²) in [4.78, 5) is 27.6. The second-order valence-electron chi connectivity index (χ2n) is 7.10. The average molecular weight is 480 g/mol. The highest BCUT2D eigenvalue weighted by Crippen LogP contribution is 2.45. The van der Waals surface area contributed by atoms with Crippen LogP contribution in [-0.4, -0.2) is 21.2 Å². The molecule has 2 aliphatic rings. The highest BCUT2D eigenvalue weighted by molar-refractivity contribution is 9.10. The number of carbonyl (C=O) groups excluding carboxylic acids is 2. The summed E-state index contributed by atoms with van der Waals surface area (Å²) < 4.78 is 2.92. The van der Waals surface area contributed by atoms with Crippen molar-refractivity contribution in [2.45, 2.75) is 32.4 Å². The Balaban J connectivity index is 1.96. The number of allylic oxidation sites excluding steroid dienone is 4. The number of fused-ring (bicyclic) bond motifs is 1. The van der Waals surface area contributed by atoms with Crippen LogP contribution in [0, 0.1) is 0 Å². The second-order valence-corrected chi connectivity index (χ2v) is 8.79. The third kappa shape index (κ3) is 3.06. The minimum Gasteiger partial charge on any atom is -0.334 e. The van der Waals surface area contributed by atoms with Gasteiger partial charge in [0.15, 0.2) is 5.78 Å². The van der Waals surface area contributed by atoms with E-state index in [0.717, 1.165) is 15.9 Å². The van der Waals surface area contributed by atoms with Crippen LogP contribution < -0.4 is 0 Å². The fraction of sp³-hybridized carbons (Fsp3) is 0.238. The highest BCUT2D eigenvalue weighted by Gasteiger charge is 2.45. The quantitative estimate of drug-likeness (QED) is 0.540. The van der Waals surface area contributed by atoms with E-state index in [1.54, 1.807) is 29.2 Å². The smallest absolute Gasteiger partial charge is 0.261 e. The zero-order valence-corrected chi connectivity index (χ0v) is 18.3. The van der Waals surface area contributed by atoms with Gasteiger partial charge in [0, 0.05) is 22.5 Å². The van der Waals surface area contributed by atoms with Crippen molar-refractivity contribution in [3.8, 4) is 0 Å². The normalized spacial score (nSPS) is 19.2. The van der Waals surface area contributed by atoms with Crippen molar-refractivity contribution >= 4 is 50.8 Å². The van der Waals surface area contributed by atoms with Crippen molar-refractivity contribution in [1.29, 1.82) is 0 Å². The van der Waals surface area contributed by atoms with E-state index in [4.69, 9.17) is 23.2 Å². The summed E-state index contributed by atoms with van der Waals surface area (Å²) in [5, 5.41) is 1.07. The monoisotopic (exact) mass is 478 g/mol. The molecule has 1 aliphatic carbocycles. The molecule has 0 fully saturated rings. The molecule has 1 amide bonds. The number of carbonyl (C=O) groups is 2. The number of hydrogen-bond donors (Lipinski definition) is 0. The van der Waals surface area contributed by atoms with Gasteiger partial charge in [-0.15, -0.1) is 0 Å². The van der Waals surface area contributed by atoms with Gasteiger partial charge in [-0.3, -0.25) is 14.5 Å². The Hall–Kier alpha value is -1.82. The molecule has 2 heterocycles. The summed E-state index contributed by atoms with van der Waals surface area (Å²) in [6, 6.07) is 8.87. The van der Waals surface area contributed by atoms with E-state index in [9.17, 15) is 9.59 Å². The van der Waals surface area contributed by atoms with Gasteiger partial charge in [0.1, 0.15) is 6.04 Å². The van der Waals surface area contributed by atoms with Crippen molar-refractivity contribution in [2.75, 3.05) is 0 Å². The molecule has 0 spiro atoms. The van der Waals surface area contributed by atoms with Crippen molar-refractivity contribution in [3.63, 3.8) is 0 Å². The first-order valence-electron chi connectivity index (χ1n) is 8.89. The largest absolute Gasteiger partial charge is 0.334 e. The summed E-state index contributed by atoms with van der Waals surface area (Å²) in [5.74, 6) is -0.335. The average Bonchev–Trinajstić information content (AvgIpc) is 3.11. The van der Waals surface area contributed by atoms with E-state index in [-0.39, 0.29) is 24.2 Å². The number of ketones is 1. The first-order valence-corrected chi connectivity index (χ1v) is 10.4. The Morgan fingerprint density at radius 2 is 1.82 bits per heavy atom. The molecule has 1 atom stereocenters. The fourth-order valence-corrected chi connectivity index (χ4v) is 4.96. The number of halogens is 3. The molecule has 4 rings (SSSR count). The molecule has 0 saturated carbocycles. The number of Topliss-reactive ketones (excluding diaryl/α,β-unsaturated/α-hetero) is 1. The molecule has 1 aliphatic heterocycles. The number of benzene rings is 1. The van der Waals surface area contributed by atoms with Crippen molar-refractivity contribution in [2.24, 2.45) is 0 Å². The van der Waals surface area contributed by atoms with E-state index in [2.05, 4.69) is 34.3 Å². The highest BCUT2D eigenvalue weighted by atomic mass is 79.9. The van der Waals surface area contributed by atoms with Gasteiger partial charge in [0.2, 0.25) is 0 Å². The summed E-state index contributed by atoms with van der Waals surface area (Å²) in [6.45, 7) is 4.11. The molecular formula is C21H17BrCl2N2O2. The van der Waals surface area contributed by atoms with Crippen molar-refractivity contribution in [3.05, 3.63) is 79.7 Å². The van der Waals surface area contributed by atoms with Gasteiger partial charge < -0.3 is 4.57 Å². The Labute approximate surface area is 181 Å². The Kier molecular flexibility index (Phi) is 5.02. The van der Waals surface area contributed by atoms with Gasteiger partial charge in [-0.05, 0) is 59.6 Å². The standard InChI is InChI=1S/C21H17BrCl2N2O2/c1-11(2)25-18(22)10-15-20(25)19(12-3-5-13(23)6-4-12)26(21(15)28)16-9-14(24)7-8-17(16)27/h3-7,9-11,19H,8H2,1-2H3. The number of aromatic nitrogens is 1. The van der Waals surface area contributed by atoms with E-state index in [1.165, 1.54) is 0 Å². The van der Waals surface area contributed by atoms with Gasteiger partial charge in [-0.2, -0.15) is 0 Å². The Morgan fingerprint density at radius 3 is 2.46 bits per heavy atom. The molecule has 1 aromatic heterocycles. The van der Waals surface area contributed by atoms with Gasteiger partial charge in [0.25, 0.3) is 5.91 Å². The SMILES string of the molecule is CC(C)n1c(Br)cc2c1C(c1ccc(Cl)cc1)N(C1=CC(Cl)=CCC1=O)C2=O. The number of nitrogens with zero attached hydrogens (tertiary/aromatic N) is 2. The number of amides is 1. The topological polar surface area (TPSA) is 42.3 Å². The maximum Gasteiger partial charge on any atom is 0.261 e. The van der Waals surface area contributed by atoms with Crippen LogP contribution in [0.25, 0.3) is 0 Å². The predicted molar refractivity (Wildman–Crippen MR) is 114 cm³/mol. The zero-order chi connectivity index (χ0) is 20.2. The molecule has 144 valence electrons. The lowest BCUT2D eigenvalue weighted by Crippen LogP contribution is -2.33. The van der Waals surface area contributed by atoms with Crippen LogP contribution in [0.1, 0.15) is 54.0 Å². The lowest BCUT2D eigenvalue weighted by atomic mass is 10.0. The minimum absolute atomic E-state index is 0.125. The van der Waals surface area contributed by atoms with Crippen LogP contribution in [0.3, 0.4) is 0 Å². The van der Waals surface area contributed by atoms with E-state index < -0.39 is 6.04 Å². The first kappa shape index (κ1) is 19.5. The molecule has 0 radical (unpaired) electrons. The maximum absolute atomic E-state index is 13.4. The fourth-order valence-electron chi connectivity index (χ4n) is 3.82. The van der Waals surface area contributed by atoms with E-state index in [1.807, 2.05) is 18.2 Å². The molecule has 0 bridgehead atoms. The van der Waals surface area contributed by atoms with Gasteiger partial charge in [0.05, 0.1) is 21.6 Å². The summed E-state index contributed by atoms with van der Waals surface area (Å²) in [6.07, 6.45) is 3.41. The molecule has 0 N–H and O–H groups in total. The van der Waals surface area contributed by atoms with E-state index >= 15 is 0 Å². The summed E-state index contributed by atoms with van der Waals surface area (Å²) in [5.41, 5.74) is 2.64. The maximum atomic E-state index is 13.4. The van der Waals surface area contributed by atoms with Crippen LogP contribution in [0.15, 0.2) is 57.8 Å². The van der Waals surface area contributed by atoms with Gasteiger partial charge in [-0.25, -0.2) is 0 Å². The molecule has 1 unspecified atom stereocenters. The molecule has 2 aromatic rings. The van der Waals surface area contributed by atoms with Crippen molar-refractivity contribution < 1.29 is 9.59 Å². The predicted octanol–water partition coefficient (Wildman–Crippen LogP) is 6.01. The summed E-state index contributed by atoms with van der Waals surface area (Å²) in [7, 11) is 0. The van der Waals surface area contributed by atoms with Crippen LogP contribution >= 0.6 is 39.1 Å². The van der Waals surface area contributed by atoms with Gasteiger partial charge in [-0.1, -0.05) is 41.4 Å². The first-order chi connectivity index (χ1) is 13.3. The summed E-state index contributed by atoms with van der Waals surface area (Å²) >= 11 is 15.8. The van der Waals surface area contributed by atoms with Crippen LogP contribution in [0.5, 0.6) is 0 Å². The lowest BCUT2D eigenvalue weighted by molar-refractivity contribution is -0.116. The zero-order valence-electron chi connectivity index (χ0n) is 15.2. The Bertz CT molecular complexity index is 1050. The Morgan fingerprint density at radius 1 is 1.14 bits per heavy atom. The number of hydrogen-bond acceptors (Lipinski definition) is 2. The lowest BCUT2D eigenvalue weighted by Gasteiger charge is -2.30. The second kappa shape index (κ2) is 7.21. The number of rotatable bonds is 3. The van der Waals surface area contributed by atoms with Crippen molar-refractivity contribution in [1.82, 2.24) is 9.47 Å². The third-order valence-electron chi connectivity index (χ3n) is 5.00. The van der Waals surface area contributed by atoms with Crippen LogP contribution in [0.2, 0.25) is 5.02 Å². The minimum atomic E-state index is -0.439. The van der Waals surface area contributed by atoms with Crippen LogP contribution in [-0.2, 0) is 4.79 Å².